The van der Waals surface area contributed by atoms with Crippen LogP contribution in [0.25, 0.3) is 11.1 Å². The van der Waals surface area contributed by atoms with Crippen LogP contribution in [0.4, 0.5) is 0 Å². The zero-order valence-electron chi connectivity index (χ0n) is 13.0. The number of hydrogen-bond donors (Lipinski definition) is 1. The third-order valence-electron chi connectivity index (χ3n) is 4.59. The zero-order chi connectivity index (χ0) is 15.5. The lowest BCUT2D eigenvalue weighted by molar-refractivity contribution is -0.138. The first-order valence-corrected chi connectivity index (χ1v) is 8.05. The van der Waals surface area contributed by atoms with Crippen molar-refractivity contribution < 1.29 is 9.90 Å². The predicted octanol–water partition coefficient (Wildman–Crippen LogP) is 4.50. The maximum Gasteiger partial charge on any atom is 0.303 e. The van der Waals surface area contributed by atoms with Gasteiger partial charge in [-0.1, -0.05) is 49.4 Å². The van der Waals surface area contributed by atoms with Gasteiger partial charge in [0.25, 0.3) is 0 Å². The van der Waals surface area contributed by atoms with Crippen LogP contribution in [0.15, 0.2) is 42.5 Å². The Morgan fingerprint density at radius 2 is 1.82 bits per heavy atom. The van der Waals surface area contributed by atoms with Crippen LogP contribution in [0.1, 0.15) is 36.5 Å². The van der Waals surface area contributed by atoms with Crippen molar-refractivity contribution in [3.05, 3.63) is 59.2 Å². The van der Waals surface area contributed by atoms with Crippen molar-refractivity contribution in [2.45, 2.75) is 39.0 Å². The molecule has 0 unspecified atom stereocenters. The highest BCUT2D eigenvalue weighted by Crippen LogP contribution is 2.34. The molecular weight excluding hydrogens is 272 g/mol. The highest BCUT2D eigenvalue weighted by molar-refractivity contribution is 5.73. The number of carboxylic acid groups (broad SMARTS) is 1. The molecular formula is C20H22O2. The number of rotatable bonds is 5. The Hall–Kier alpha value is -2.09. The molecule has 22 heavy (non-hydrogen) atoms. The number of carboxylic acids is 1. The summed E-state index contributed by atoms with van der Waals surface area (Å²) in [6.07, 6.45) is 4.37. The Morgan fingerprint density at radius 1 is 1.09 bits per heavy atom. The van der Waals surface area contributed by atoms with E-state index in [1.165, 1.54) is 27.8 Å². The minimum Gasteiger partial charge on any atom is -0.481 e. The van der Waals surface area contributed by atoms with Crippen molar-refractivity contribution in [2.75, 3.05) is 0 Å². The Balaban J connectivity index is 1.74. The summed E-state index contributed by atoms with van der Waals surface area (Å²) < 4.78 is 0. The lowest BCUT2D eigenvalue weighted by Crippen LogP contribution is -2.07. The topological polar surface area (TPSA) is 37.3 Å². The molecule has 0 bridgehead atoms. The first-order chi connectivity index (χ1) is 10.6. The number of aliphatic carboxylic acids is 1. The predicted molar refractivity (Wildman–Crippen MR) is 89.0 cm³/mol. The fraction of sp³-hybridized carbons (Fsp3) is 0.350. The minimum absolute atomic E-state index is 0.231. The van der Waals surface area contributed by atoms with Gasteiger partial charge in [-0.15, -0.1) is 0 Å². The summed E-state index contributed by atoms with van der Waals surface area (Å²) in [5, 5.41) is 8.83. The average Bonchev–Trinajstić information content (AvgIpc) is 2.52. The van der Waals surface area contributed by atoms with Gasteiger partial charge in [0.2, 0.25) is 0 Å². The van der Waals surface area contributed by atoms with Gasteiger partial charge in [0.15, 0.2) is 0 Å². The molecule has 2 nitrogen and oxygen atoms in total. The summed E-state index contributed by atoms with van der Waals surface area (Å²) in [5.41, 5.74) is 6.94. The molecule has 0 aromatic heterocycles. The van der Waals surface area contributed by atoms with Crippen LogP contribution < -0.4 is 0 Å². The molecule has 1 aliphatic rings. The third kappa shape index (κ3) is 3.22. The summed E-state index contributed by atoms with van der Waals surface area (Å²) in [7, 11) is 0. The molecule has 3 rings (SSSR count). The first kappa shape index (κ1) is 14.8. The van der Waals surface area contributed by atoms with Gasteiger partial charge < -0.3 is 5.11 Å². The van der Waals surface area contributed by atoms with Crippen LogP contribution in [-0.2, 0) is 24.1 Å². The van der Waals surface area contributed by atoms with Gasteiger partial charge in [-0.2, -0.15) is 0 Å². The van der Waals surface area contributed by atoms with E-state index < -0.39 is 5.97 Å². The molecule has 1 atom stereocenters. The van der Waals surface area contributed by atoms with Gasteiger partial charge in [0.1, 0.15) is 0 Å². The van der Waals surface area contributed by atoms with E-state index >= 15 is 0 Å². The standard InChI is InChI=1S/C20H22O2/c1-14(12-20(21)22)6-7-15-8-11-19-17(13-15)10-9-16-4-2-3-5-18(16)19/h2-5,8,11,13-14H,6-7,9-10,12H2,1H3,(H,21,22)/t14-/m1/s1. The molecule has 1 N–H and O–H groups in total. The van der Waals surface area contributed by atoms with Crippen LogP contribution in [0, 0.1) is 5.92 Å². The fourth-order valence-corrected chi connectivity index (χ4v) is 3.36. The monoisotopic (exact) mass is 294 g/mol. The first-order valence-electron chi connectivity index (χ1n) is 8.05. The van der Waals surface area contributed by atoms with E-state index in [0.29, 0.717) is 0 Å². The summed E-state index contributed by atoms with van der Waals surface area (Å²) in [6, 6.07) is 15.4. The molecule has 0 amide bonds. The molecule has 0 radical (unpaired) electrons. The second-order valence-electron chi connectivity index (χ2n) is 6.39. The Labute approximate surface area is 131 Å². The van der Waals surface area contributed by atoms with E-state index in [2.05, 4.69) is 42.5 Å². The largest absolute Gasteiger partial charge is 0.481 e. The minimum atomic E-state index is -0.699. The Kier molecular flexibility index (Phi) is 4.28. The molecule has 1 aliphatic carbocycles. The Bertz CT molecular complexity index is 688. The van der Waals surface area contributed by atoms with E-state index in [-0.39, 0.29) is 12.3 Å². The smallest absolute Gasteiger partial charge is 0.303 e. The normalized spacial score (nSPS) is 14.0. The van der Waals surface area contributed by atoms with Crippen LogP contribution >= 0.6 is 0 Å². The molecule has 2 aromatic rings. The number of fused-ring (bicyclic) bond motifs is 3. The van der Waals surface area contributed by atoms with Gasteiger partial charge in [-0.25, -0.2) is 0 Å². The van der Waals surface area contributed by atoms with Gasteiger partial charge in [0, 0.05) is 6.42 Å². The maximum atomic E-state index is 10.7. The van der Waals surface area contributed by atoms with E-state index in [1.807, 2.05) is 6.92 Å². The molecule has 2 heteroatoms. The molecule has 0 aliphatic heterocycles. The number of carbonyl (C=O) groups is 1. The van der Waals surface area contributed by atoms with Crippen LogP contribution in [0.2, 0.25) is 0 Å². The second kappa shape index (κ2) is 6.35. The van der Waals surface area contributed by atoms with Crippen molar-refractivity contribution in [3.8, 4) is 11.1 Å². The van der Waals surface area contributed by atoms with Crippen LogP contribution in [0.3, 0.4) is 0 Å². The Morgan fingerprint density at radius 3 is 2.64 bits per heavy atom. The van der Waals surface area contributed by atoms with E-state index in [9.17, 15) is 4.79 Å². The van der Waals surface area contributed by atoms with E-state index in [4.69, 9.17) is 5.11 Å². The number of hydrogen-bond acceptors (Lipinski definition) is 1. The summed E-state index contributed by atoms with van der Waals surface area (Å²) in [4.78, 5) is 10.7. The van der Waals surface area contributed by atoms with Crippen molar-refractivity contribution >= 4 is 5.97 Å². The summed E-state index contributed by atoms with van der Waals surface area (Å²) >= 11 is 0. The highest BCUT2D eigenvalue weighted by atomic mass is 16.4. The van der Waals surface area contributed by atoms with Gasteiger partial charge in [-0.3, -0.25) is 4.79 Å². The molecule has 0 saturated heterocycles. The lowest BCUT2D eigenvalue weighted by Gasteiger charge is -2.20. The zero-order valence-corrected chi connectivity index (χ0v) is 13.0. The van der Waals surface area contributed by atoms with Crippen molar-refractivity contribution in [3.63, 3.8) is 0 Å². The van der Waals surface area contributed by atoms with Crippen molar-refractivity contribution in [2.24, 2.45) is 5.92 Å². The van der Waals surface area contributed by atoms with Crippen molar-refractivity contribution in [1.82, 2.24) is 0 Å². The van der Waals surface area contributed by atoms with Crippen LogP contribution in [0.5, 0.6) is 0 Å². The van der Waals surface area contributed by atoms with E-state index in [0.717, 1.165) is 25.7 Å². The maximum absolute atomic E-state index is 10.7. The fourth-order valence-electron chi connectivity index (χ4n) is 3.36. The average molecular weight is 294 g/mol. The van der Waals surface area contributed by atoms with Crippen LogP contribution in [-0.4, -0.2) is 11.1 Å². The molecule has 0 heterocycles. The quantitative estimate of drug-likeness (QED) is 0.881. The molecule has 0 fully saturated rings. The van der Waals surface area contributed by atoms with E-state index in [1.54, 1.807) is 0 Å². The SMILES string of the molecule is C[C@H](CCc1ccc2c(c1)CCc1ccccc1-2)CC(=O)O. The lowest BCUT2D eigenvalue weighted by atomic mass is 9.84. The number of benzene rings is 2. The van der Waals surface area contributed by atoms with Crippen molar-refractivity contribution in [1.29, 1.82) is 0 Å². The molecule has 114 valence electrons. The number of aryl methyl sites for hydroxylation is 3. The highest BCUT2D eigenvalue weighted by Gasteiger charge is 2.16. The van der Waals surface area contributed by atoms with Gasteiger partial charge >= 0.3 is 5.97 Å². The van der Waals surface area contributed by atoms with Gasteiger partial charge in [0.05, 0.1) is 0 Å². The second-order valence-corrected chi connectivity index (χ2v) is 6.39. The molecule has 0 saturated carbocycles. The summed E-state index contributed by atoms with van der Waals surface area (Å²) in [5.74, 6) is -0.469. The molecule has 0 spiro atoms. The molecule has 2 aromatic carbocycles. The summed E-state index contributed by atoms with van der Waals surface area (Å²) in [6.45, 7) is 2.02. The van der Waals surface area contributed by atoms with Gasteiger partial charge in [-0.05, 0) is 59.4 Å². The third-order valence-corrected chi connectivity index (χ3v) is 4.59.